The number of nitrogens with one attached hydrogen (secondary N) is 3. The van der Waals surface area contributed by atoms with Gasteiger partial charge in [-0.2, -0.15) is 5.01 Å². The minimum absolute atomic E-state index is 0.0801. The maximum Gasteiger partial charge on any atom is 0.431 e. The zero-order chi connectivity index (χ0) is 23.3. The van der Waals surface area contributed by atoms with Gasteiger partial charge in [-0.3, -0.25) is 19.8 Å². The van der Waals surface area contributed by atoms with E-state index in [1.807, 2.05) is 0 Å². The molecule has 11 heteroatoms. The van der Waals surface area contributed by atoms with Crippen LogP contribution in [-0.2, 0) is 32.1 Å². The fraction of sp³-hybridized carbons (Fsp3) is 0.238. The number of aliphatic carboxylic acids is 1. The number of carbonyl (C=O) groups excluding carboxylic acids is 3. The van der Waals surface area contributed by atoms with Gasteiger partial charge in [0, 0.05) is 6.42 Å². The molecule has 1 atom stereocenters. The van der Waals surface area contributed by atoms with Crippen LogP contribution in [0.3, 0.4) is 0 Å². The zero-order valence-corrected chi connectivity index (χ0v) is 17.2. The van der Waals surface area contributed by atoms with Gasteiger partial charge in [-0.15, -0.1) is 0 Å². The molecule has 0 fully saturated rings. The van der Waals surface area contributed by atoms with E-state index < -0.39 is 43.0 Å². The summed E-state index contributed by atoms with van der Waals surface area (Å²) in [5.74, 6) is -2.68. The van der Waals surface area contributed by atoms with Crippen LogP contribution < -0.4 is 22.0 Å². The molecule has 0 heterocycles. The summed E-state index contributed by atoms with van der Waals surface area (Å²) in [4.78, 5) is 47.7. The number of benzene rings is 2. The molecule has 0 saturated carbocycles. The fourth-order valence-corrected chi connectivity index (χ4v) is 2.54. The Labute approximate surface area is 184 Å². The number of carbonyl (C=O) groups is 4. The summed E-state index contributed by atoms with van der Waals surface area (Å²) < 4.78 is 5.06. The van der Waals surface area contributed by atoms with E-state index in [1.54, 1.807) is 60.7 Å². The van der Waals surface area contributed by atoms with E-state index in [0.717, 1.165) is 5.56 Å². The van der Waals surface area contributed by atoms with Gasteiger partial charge < -0.3 is 15.6 Å². The van der Waals surface area contributed by atoms with Crippen molar-refractivity contribution in [3.05, 3.63) is 71.8 Å². The Morgan fingerprint density at radius 1 is 0.969 bits per heavy atom. The van der Waals surface area contributed by atoms with Crippen LogP contribution in [0.25, 0.3) is 0 Å². The lowest BCUT2D eigenvalue weighted by atomic mass is 10.1. The highest BCUT2D eigenvalue weighted by Crippen LogP contribution is 2.04. The molecule has 0 aliphatic carbocycles. The third-order valence-corrected chi connectivity index (χ3v) is 4.18. The SMILES string of the molecule is NCC(=O)N(NCC(=O)NN[C@H](Cc1ccccc1)C(=O)O)C(=O)OCc1ccccc1. The Balaban J connectivity index is 1.85. The van der Waals surface area contributed by atoms with Crippen LogP contribution >= 0.6 is 0 Å². The van der Waals surface area contributed by atoms with Crippen LogP contribution in [-0.4, -0.2) is 53.1 Å². The summed E-state index contributed by atoms with van der Waals surface area (Å²) in [6, 6.07) is 16.6. The highest BCUT2D eigenvalue weighted by atomic mass is 16.6. The summed E-state index contributed by atoms with van der Waals surface area (Å²) in [6.07, 6.45) is -0.898. The second-order valence-corrected chi connectivity index (χ2v) is 6.58. The second kappa shape index (κ2) is 12.8. The van der Waals surface area contributed by atoms with E-state index in [4.69, 9.17) is 10.5 Å². The Morgan fingerprint density at radius 3 is 2.12 bits per heavy atom. The number of nitrogens with two attached hydrogens (primary N) is 1. The van der Waals surface area contributed by atoms with E-state index in [1.165, 1.54) is 0 Å². The average Bonchev–Trinajstić information content (AvgIpc) is 2.81. The number of hydrazine groups is 2. The summed E-state index contributed by atoms with van der Waals surface area (Å²) in [6.45, 7) is -1.09. The van der Waals surface area contributed by atoms with E-state index in [-0.39, 0.29) is 13.0 Å². The Bertz CT molecular complexity index is 909. The third-order valence-electron chi connectivity index (χ3n) is 4.18. The first-order valence-electron chi connectivity index (χ1n) is 9.69. The van der Waals surface area contributed by atoms with Crippen LogP contribution in [0, 0.1) is 0 Å². The maximum atomic E-state index is 12.2. The molecular weight excluding hydrogens is 418 g/mol. The first-order valence-corrected chi connectivity index (χ1v) is 9.69. The molecule has 0 unspecified atom stereocenters. The van der Waals surface area contributed by atoms with Crippen molar-refractivity contribution < 1.29 is 29.0 Å². The molecule has 2 aromatic carbocycles. The van der Waals surface area contributed by atoms with Crippen molar-refractivity contribution in [2.24, 2.45) is 5.73 Å². The number of carboxylic acids is 1. The Hall–Kier alpha value is -3.80. The summed E-state index contributed by atoms with van der Waals surface area (Å²) >= 11 is 0. The molecule has 6 N–H and O–H groups in total. The van der Waals surface area contributed by atoms with Crippen molar-refractivity contribution in [3.8, 4) is 0 Å². The third kappa shape index (κ3) is 8.14. The van der Waals surface area contributed by atoms with Gasteiger partial charge in [0.25, 0.3) is 5.91 Å². The predicted octanol–water partition coefficient (Wildman–Crippen LogP) is -0.0682. The van der Waals surface area contributed by atoms with Crippen LogP contribution in [0.1, 0.15) is 11.1 Å². The van der Waals surface area contributed by atoms with Gasteiger partial charge in [0.05, 0.1) is 13.1 Å². The van der Waals surface area contributed by atoms with Crippen molar-refractivity contribution in [3.63, 3.8) is 0 Å². The highest BCUT2D eigenvalue weighted by Gasteiger charge is 2.23. The number of nitrogens with zero attached hydrogens (tertiary/aromatic N) is 1. The molecule has 0 aromatic heterocycles. The smallest absolute Gasteiger partial charge is 0.431 e. The van der Waals surface area contributed by atoms with Crippen molar-refractivity contribution in [1.29, 1.82) is 0 Å². The quantitative estimate of drug-likeness (QED) is 0.299. The number of ether oxygens (including phenoxy) is 1. The largest absolute Gasteiger partial charge is 0.480 e. The highest BCUT2D eigenvalue weighted by molar-refractivity contribution is 5.92. The lowest BCUT2D eigenvalue weighted by molar-refractivity contribution is -0.140. The van der Waals surface area contributed by atoms with Crippen LogP contribution in [0.2, 0.25) is 0 Å². The summed E-state index contributed by atoms with van der Waals surface area (Å²) in [7, 11) is 0. The molecule has 0 aliphatic heterocycles. The van der Waals surface area contributed by atoms with Gasteiger partial charge in [0.1, 0.15) is 12.6 Å². The molecule has 3 amide bonds. The molecule has 11 nitrogen and oxygen atoms in total. The number of carboxylic acid groups (broad SMARTS) is 1. The average molecular weight is 443 g/mol. The lowest BCUT2D eigenvalue weighted by Gasteiger charge is -2.21. The summed E-state index contributed by atoms with van der Waals surface area (Å²) in [5.41, 5.74) is 13.8. The van der Waals surface area contributed by atoms with Gasteiger partial charge in [0.2, 0.25) is 5.91 Å². The van der Waals surface area contributed by atoms with Gasteiger partial charge in [-0.1, -0.05) is 60.7 Å². The molecule has 0 bridgehead atoms. The first kappa shape index (κ1) is 24.5. The lowest BCUT2D eigenvalue weighted by Crippen LogP contribution is -2.55. The molecule has 2 rings (SSSR count). The number of imide groups is 1. The molecule has 0 spiro atoms. The van der Waals surface area contributed by atoms with Crippen LogP contribution in [0.15, 0.2) is 60.7 Å². The number of hydrogen-bond donors (Lipinski definition) is 5. The Morgan fingerprint density at radius 2 is 1.56 bits per heavy atom. The topological polar surface area (TPSA) is 163 Å². The van der Waals surface area contributed by atoms with Crippen molar-refractivity contribution in [2.75, 3.05) is 13.1 Å². The van der Waals surface area contributed by atoms with Gasteiger partial charge in [-0.25, -0.2) is 15.6 Å². The molecule has 2 aromatic rings. The van der Waals surface area contributed by atoms with Crippen molar-refractivity contribution in [1.82, 2.24) is 21.3 Å². The molecular formula is C21H25N5O6. The van der Waals surface area contributed by atoms with Crippen molar-refractivity contribution in [2.45, 2.75) is 19.1 Å². The molecule has 170 valence electrons. The fourth-order valence-electron chi connectivity index (χ4n) is 2.54. The van der Waals surface area contributed by atoms with Gasteiger partial charge in [0.15, 0.2) is 0 Å². The minimum atomic E-state index is -1.16. The maximum absolute atomic E-state index is 12.2. The molecule has 32 heavy (non-hydrogen) atoms. The first-order chi connectivity index (χ1) is 15.4. The second-order valence-electron chi connectivity index (χ2n) is 6.58. The zero-order valence-electron chi connectivity index (χ0n) is 17.2. The molecule has 0 radical (unpaired) electrons. The normalized spacial score (nSPS) is 11.3. The van der Waals surface area contributed by atoms with E-state index in [2.05, 4.69) is 16.3 Å². The number of rotatable bonds is 11. The molecule has 0 aliphatic rings. The molecule has 0 saturated heterocycles. The number of amides is 3. The van der Waals surface area contributed by atoms with E-state index in [9.17, 15) is 24.3 Å². The predicted molar refractivity (Wildman–Crippen MR) is 113 cm³/mol. The van der Waals surface area contributed by atoms with Crippen LogP contribution in [0.5, 0.6) is 0 Å². The Kier molecular flexibility index (Phi) is 9.78. The standard InChI is InChI=1S/C21H25N5O6/c22-12-19(28)26(21(31)32-14-16-9-5-2-6-10-16)23-13-18(27)25-24-17(20(29)30)11-15-7-3-1-4-8-15/h1-10,17,23-24H,11-14,22H2,(H,25,27)(H,29,30)/t17-/m1/s1. The van der Waals surface area contributed by atoms with E-state index >= 15 is 0 Å². The van der Waals surface area contributed by atoms with Crippen LogP contribution in [0.4, 0.5) is 4.79 Å². The van der Waals surface area contributed by atoms with Crippen molar-refractivity contribution >= 4 is 23.9 Å². The van der Waals surface area contributed by atoms with E-state index in [0.29, 0.717) is 10.6 Å². The summed E-state index contributed by atoms with van der Waals surface area (Å²) in [5, 5.41) is 9.84. The monoisotopic (exact) mass is 443 g/mol. The number of hydrogen-bond acceptors (Lipinski definition) is 8. The van der Waals surface area contributed by atoms with Gasteiger partial charge >= 0.3 is 12.1 Å². The van der Waals surface area contributed by atoms with Gasteiger partial charge in [-0.05, 0) is 11.1 Å². The minimum Gasteiger partial charge on any atom is -0.480 e.